The van der Waals surface area contributed by atoms with Crippen LogP contribution in [0.15, 0.2) is 0 Å². The lowest BCUT2D eigenvalue weighted by Crippen LogP contribution is -2.52. The summed E-state index contributed by atoms with van der Waals surface area (Å²) in [6, 6.07) is 1.52. The predicted octanol–water partition coefficient (Wildman–Crippen LogP) is 3.95. The molecule has 35 heavy (non-hydrogen) atoms. The number of primary amides is 1. The summed E-state index contributed by atoms with van der Waals surface area (Å²) in [4.78, 5) is 15.1. The van der Waals surface area contributed by atoms with Crippen LogP contribution in [0.4, 0.5) is 0 Å². The lowest BCUT2D eigenvalue weighted by Gasteiger charge is -2.46. The van der Waals surface area contributed by atoms with Gasteiger partial charge in [-0.1, -0.05) is 32.1 Å². The van der Waals surface area contributed by atoms with Crippen molar-refractivity contribution in [2.45, 2.75) is 125 Å². The number of hydrazine groups is 1. The molecule has 4 aliphatic carbocycles. The molecule has 0 spiro atoms. The molecule has 6 rings (SSSR count). The first-order valence-corrected chi connectivity index (χ1v) is 16.0. The summed E-state index contributed by atoms with van der Waals surface area (Å²) in [5, 5.41) is 0.951. The van der Waals surface area contributed by atoms with Crippen LogP contribution in [0.2, 0.25) is 0 Å². The molecule has 0 radical (unpaired) electrons. The van der Waals surface area contributed by atoms with Crippen molar-refractivity contribution in [1.29, 1.82) is 0 Å². The van der Waals surface area contributed by atoms with E-state index >= 15 is 0 Å². The average molecular weight is 504 g/mol. The van der Waals surface area contributed by atoms with Gasteiger partial charge in [0.15, 0.2) is 0 Å². The predicted molar refractivity (Wildman–Crippen MR) is 143 cm³/mol. The molecule has 4 saturated carbocycles. The second kappa shape index (κ2) is 10.8. The van der Waals surface area contributed by atoms with E-state index in [9.17, 15) is 4.79 Å². The highest BCUT2D eigenvalue weighted by Crippen LogP contribution is 2.49. The van der Waals surface area contributed by atoms with Crippen LogP contribution in [-0.4, -0.2) is 46.2 Å². The topological polar surface area (TPSA) is 96.4 Å². The van der Waals surface area contributed by atoms with E-state index in [2.05, 4.69) is 27.5 Å². The lowest BCUT2D eigenvalue weighted by molar-refractivity contribution is -0.123. The summed E-state index contributed by atoms with van der Waals surface area (Å²) in [5.41, 5.74) is 19.5. The van der Waals surface area contributed by atoms with Gasteiger partial charge < -0.3 is 11.5 Å². The Morgan fingerprint density at radius 1 is 0.771 bits per heavy atom. The highest BCUT2D eigenvalue weighted by atomic mass is 32.2. The maximum Gasteiger partial charge on any atom is 0.220 e. The number of carbonyl (C=O) groups is 1. The SMILES string of the molecule is NC(=O)C1CCC2CC(C3NNC(C4CCC(N)CC4)S3)N(CC3CCCC4CCCCC43)C2C1. The van der Waals surface area contributed by atoms with E-state index in [-0.39, 0.29) is 11.8 Å². The summed E-state index contributed by atoms with van der Waals surface area (Å²) in [7, 11) is 0. The smallest absolute Gasteiger partial charge is 0.220 e. The number of rotatable bonds is 5. The van der Waals surface area contributed by atoms with Crippen LogP contribution in [0.3, 0.4) is 0 Å². The van der Waals surface area contributed by atoms with E-state index in [0.717, 1.165) is 42.4 Å². The minimum absolute atomic E-state index is 0.0672. The van der Waals surface area contributed by atoms with Crippen molar-refractivity contribution < 1.29 is 4.79 Å². The third-order valence-corrected chi connectivity index (χ3v) is 12.7. The van der Waals surface area contributed by atoms with Gasteiger partial charge in [-0.05, 0) is 93.8 Å². The van der Waals surface area contributed by atoms with Crippen molar-refractivity contribution in [3.63, 3.8) is 0 Å². The molecule has 6 aliphatic rings. The van der Waals surface area contributed by atoms with Crippen molar-refractivity contribution >= 4 is 17.7 Å². The zero-order valence-corrected chi connectivity index (χ0v) is 22.4. The zero-order chi connectivity index (χ0) is 23.9. The molecule has 0 aromatic carbocycles. The first-order valence-electron chi connectivity index (χ1n) is 15.0. The van der Waals surface area contributed by atoms with E-state index in [1.165, 1.54) is 90.0 Å². The van der Waals surface area contributed by atoms with Crippen molar-refractivity contribution in [2.75, 3.05) is 6.54 Å². The quantitative estimate of drug-likeness (QED) is 0.454. The number of fused-ring (bicyclic) bond motifs is 2. The number of carbonyl (C=O) groups excluding carboxylic acids is 1. The second-order valence-corrected chi connectivity index (χ2v) is 14.4. The van der Waals surface area contributed by atoms with Gasteiger partial charge in [0.05, 0.1) is 10.7 Å². The highest BCUT2D eigenvalue weighted by molar-refractivity contribution is 8.00. The van der Waals surface area contributed by atoms with Gasteiger partial charge >= 0.3 is 0 Å². The number of nitrogens with zero attached hydrogens (tertiary/aromatic N) is 1. The van der Waals surface area contributed by atoms with Crippen LogP contribution in [0.5, 0.6) is 0 Å². The first-order chi connectivity index (χ1) is 17.1. The van der Waals surface area contributed by atoms with Crippen molar-refractivity contribution in [1.82, 2.24) is 15.8 Å². The molecular formula is C28H49N5OS. The minimum atomic E-state index is -0.0672. The van der Waals surface area contributed by atoms with Gasteiger partial charge in [0.2, 0.25) is 5.91 Å². The Bertz CT molecular complexity index is 743. The Kier molecular flexibility index (Phi) is 7.70. The van der Waals surface area contributed by atoms with Gasteiger partial charge in [0.25, 0.3) is 0 Å². The standard InChI is InChI=1S/C28H49N5OS/c29-22-12-10-18(11-13-22)27-31-32-28(35-27)25-14-19-8-9-20(26(30)34)15-24(19)33(25)16-21-6-3-5-17-4-1-2-7-23(17)21/h17-25,27-28,31-32H,1-16,29H2,(H2,30,34). The van der Waals surface area contributed by atoms with Gasteiger partial charge in [-0.15, -0.1) is 11.8 Å². The molecular weight excluding hydrogens is 454 g/mol. The number of hydrogen-bond donors (Lipinski definition) is 4. The minimum Gasteiger partial charge on any atom is -0.369 e. The van der Waals surface area contributed by atoms with E-state index in [1.807, 2.05) is 0 Å². The number of nitrogens with two attached hydrogens (primary N) is 2. The van der Waals surface area contributed by atoms with E-state index in [1.54, 1.807) is 0 Å². The summed E-state index contributed by atoms with van der Waals surface area (Å²) < 4.78 is 0. The molecule has 9 atom stereocenters. The average Bonchev–Trinajstić information content (AvgIpc) is 3.50. The normalized spacial score (nSPS) is 48.9. The van der Waals surface area contributed by atoms with Crippen LogP contribution < -0.4 is 22.3 Å². The molecule has 0 aromatic heterocycles. The van der Waals surface area contributed by atoms with E-state index in [0.29, 0.717) is 28.9 Å². The van der Waals surface area contributed by atoms with E-state index < -0.39 is 0 Å². The van der Waals surface area contributed by atoms with Gasteiger partial charge in [0, 0.05) is 30.6 Å². The Morgan fingerprint density at radius 2 is 1.51 bits per heavy atom. The molecule has 2 aliphatic heterocycles. The van der Waals surface area contributed by atoms with Crippen LogP contribution in [-0.2, 0) is 4.79 Å². The molecule has 2 heterocycles. The first kappa shape index (κ1) is 25.0. The summed E-state index contributed by atoms with van der Waals surface area (Å²) in [6.45, 7) is 1.25. The van der Waals surface area contributed by atoms with Crippen molar-refractivity contribution in [2.24, 2.45) is 47.0 Å². The molecule has 198 valence electrons. The number of thioether (sulfide) groups is 1. The third-order valence-electron chi connectivity index (χ3n) is 11.2. The fraction of sp³-hybridized carbons (Fsp3) is 0.964. The molecule has 9 unspecified atom stereocenters. The molecule has 6 nitrogen and oxygen atoms in total. The fourth-order valence-corrected chi connectivity index (χ4v) is 10.8. The number of likely N-dealkylation sites (tertiary alicyclic amines) is 1. The Labute approximate surface area is 216 Å². The molecule has 2 saturated heterocycles. The molecule has 6 N–H and O–H groups in total. The Balaban J connectivity index is 1.18. The molecule has 1 amide bonds. The lowest BCUT2D eigenvalue weighted by atomic mass is 9.65. The van der Waals surface area contributed by atoms with Crippen LogP contribution >= 0.6 is 11.8 Å². The van der Waals surface area contributed by atoms with Crippen molar-refractivity contribution in [3.8, 4) is 0 Å². The number of nitrogens with one attached hydrogen (secondary N) is 2. The molecule has 0 bridgehead atoms. The van der Waals surface area contributed by atoms with Gasteiger partial charge in [-0.3, -0.25) is 9.69 Å². The van der Waals surface area contributed by atoms with Gasteiger partial charge in [-0.2, -0.15) is 0 Å². The van der Waals surface area contributed by atoms with E-state index in [4.69, 9.17) is 11.5 Å². The molecule has 6 fully saturated rings. The van der Waals surface area contributed by atoms with Crippen molar-refractivity contribution in [3.05, 3.63) is 0 Å². The van der Waals surface area contributed by atoms with Crippen LogP contribution in [0, 0.1) is 35.5 Å². The number of amides is 1. The number of hydrogen-bond acceptors (Lipinski definition) is 6. The monoisotopic (exact) mass is 503 g/mol. The molecule has 7 heteroatoms. The van der Waals surface area contributed by atoms with Crippen LogP contribution in [0.1, 0.15) is 96.3 Å². The largest absolute Gasteiger partial charge is 0.369 e. The summed E-state index contributed by atoms with van der Waals surface area (Å²) in [6.07, 6.45) is 19.4. The third kappa shape index (κ3) is 5.19. The zero-order valence-electron chi connectivity index (χ0n) is 21.6. The highest BCUT2D eigenvalue weighted by Gasteiger charge is 2.51. The summed E-state index contributed by atoms with van der Waals surface area (Å²) in [5.74, 6) is 4.24. The summed E-state index contributed by atoms with van der Waals surface area (Å²) >= 11 is 2.16. The molecule has 0 aromatic rings. The second-order valence-electron chi connectivity index (χ2n) is 13.1. The van der Waals surface area contributed by atoms with Gasteiger partial charge in [-0.25, -0.2) is 10.9 Å². The Morgan fingerprint density at radius 3 is 2.34 bits per heavy atom. The maximum atomic E-state index is 12.2. The fourth-order valence-electron chi connectivity index (χ4n) is 9.23. The Hall–Kier alpha value is -0.340. The van der Waals surface area contributed by atoms with Gasteiger partial charge in [0.1, 0.15) is 0 Å². The van der Waals surface area contributed by atoms with Crippen LogP contribution in [0.25, 0.3) is 0 Å². The maximum absolute atomic E-state index is 12.2.